The number of carboxylic acid groups (broad SMARTS) is 1. The maximum absolute atomic E-state index is 11.8. The minimum atomic E-state index is -1.08. The number of benzene rings is 1. The maximum atomic E-state index is 11.8. The maximum Gasteiger partial charge on any atom is 0.321 e. The van der Waals surface area contributed by atoms with Gasteiger partial charge in [-0.2, -0.15) is 0 Å². The lowest BCUT2D eigenvalue weighted by Gasteiger charge is -2.29. The number of hydrogen-bond acceptors (Lipinski definition) is 3. The van der Waals surface area contributed by atoms with Crippen LogP contribution in [-0.2, 0) is 15.6 Å². The van der Waals surface area contributed by atoms with Crippen LogP contribution in [0.2, 0.25) is 0 Å². The third-order valence-electron chi connectivity index (χ3n) is 3.22. The van der Waals surface area contributed by atoms with Crippen molar-refractivity contribution >= 4 is 16.8 Å². The second-order valence-electron chi connectivity index (χ2n) is 4.74. The Morgan fingerprint density at radius 3 is 2.78 bits per heavy atom. The predicted octanol–water partition coefficient (Wildman–Crippen LogP) is 1.15. The standard InChI is InChI=1S/C13H17NO3S/c1-8-3-4-9(2)10(5-8)11-6-18(17)7-12(14-11)13(15)16/h3-5,11-12,14H,6-7H2,1-2H3,(H,15,16). The van der Waals surface area contributed by atoms with Gasteiger partial charge in [0, 0.05) is 28.3 Å². The summed E-state index contributed by atoms with van der Waals surface area (Å²) in [6.07, 6.45) is 0. The molecule has 2 N–H and O–H groups in total. The van der Waals surface area contributed by atoms with Crippen LogP contribution in [0.3, 0.4) is 0 Å². The molecule has 18 heavy (non-hydrogen) atoms. The first kappa shape index (κ1) is 13.2. The van der Waals surface area contributed by atoms with Crippen LogP contribution in [0.25, 0.3) is 0 Å². The van der Waals surface area contributed by atoms with Crippen LogP contribution in [0.15, 0.2) is 18.2 Å². The lowest BCUT2D eigenvalue weighted by Crippen LogP contribution is -2.49. The van der Waals surface area contributed by atoms with Gasteiger partial charge in [0.05, 0.1) is 0 Å². The van der Waals surface area contributed by atoms with Crippen molar-refractivity contribution in [3.05, 3.63) is 34.9 Å². The normalized spacial score (nSPS) is 28.0. The van der Waals surface area contributed by atoms with Gasteiger partial charge in [0.1, 0.15) is 6.04 Å². The quantitative estimate of drug-likeness (QED) is 0.843. The van der Waals surface area contributed by atoms with Crippen molar-refractivity contribution < 1.29 is 14.1 Å². The van der Waals surface area contributed by atoms with Crippen LogP contribution >= 0.6 is 0 Å². The van der Waals surface area contributed by atoms with Crippen molar-refractivity contribution in [1.29, 1.82) is 0 Å². The molecule has 3 atom stereocenters. The fourth-order valence-corrected chi connectivity index (χ4v) is 3.63. The molecule has 1 aromatic rings. The fraction of sp³-hybridized carbons (Fsp3) is 0.462. The summed E-state index contributed by atoms with van der Waals surface area (Å²) >= 11 is 0. The van der Waals surface area contributed by atoms with Crippen molar-refractivity contribution in [2.75, 3.05) is 11.5 Å². The van der Waals surface area contributed by atoms with Crippen LogP contribution in [-0.4, -0.2) is 32.8 Å². The molecule has 1 aromatic carbocycles. The highest BCUT2D eigenvalue weighted by molar-refractivity contribution is 7.85. The van der Waals surface area contributed by atoms with Crippen molar-refractivity contribution in [2.45, 2.75) is 25.9 Å². The predicted molar refractivity (Wildman–Crippen MR) is 71.1 cm³/mol. The Morgan fingerprint density at radius 1 is 1.39 bits per heavy atom. The summed E-state index contributed by atoms with van der Waals surface area (Å²) in [5, 5.41) is 12.1. The zero-order chi connectivity index (χ0) is 13.3. The molecule has 0 bridgehead atoms. The summed E-state index contributed by atoms with van der Waals surface area (Å²) in [5.74, 6) is -0.261. The minimum Gasteiger partial charge on any atom is -0.480 e. The van der Waals surface area contributed by atoms with E-state index in [-0.39, 0.29) is 11.8 Å². The monoisotopic (exact) mass is 267 g/mol. The van der Waals surface area contributed by atoms with Gasteiger partial charge < -0.3 is 5.11 Å². The lowest BCUT2D eigenvalue weighted by atomic mass is 9.99. The Kier molecular flexibility index (Phi) is 3.82. The van der Waals surface area contributed by atoms with E-state index in [0.717, 1.165) is 16.7 Å². The van der Waals surface area contributed by atoms with Crippen LogP contribution in [0.4, 0.5) is 0 Å². The van der Waals surface area contributed by atoms with Crippen LogP contribution in [0.1, 0.15) is 22.7 Å². The van der Waals surface area contributed by atoms with Gasteiger partial charge in [-0.05, 0) is 25.0 Å². The molecule has 0 radical (unpaired) electrons. The molecule has 1 saturated heterocycles. The minimum absolute atomic E-state index is 0.138. The molecule has 5 heteroatoms. The number of carbonyl (C=O) groups is 1. The molecule has 1 aliphatic heterocycles. The van der Waals surface area contributed by atoms with E-state index in [1.807, 2.05) is 32.0 Å². The van der Waals surface area contributed by atoms with Gasteiger partial charge in [0.15, 0.2) is 0 Å². The van der Waals surface area contributed by atoms with Gasteiger partial charge in [-0.1, -0.05) is 23.8 Å². The summed E-state index contributed by atoms with van der Waals surface area (Å²) in [5.41, 5.74) is 3.27. The first-order chi connectivity index (χ1) is 8.47. The summed E-state index contributed by atoms with van der Waals surface area (Å²) in [6.45, 7) is 3.99. The van der Waals surface area contributed by atoms with Gasteiger partial charge in [0.2, 0.25) is 0 Å². The van der Waals surface area contributed by atoms with E-state index in [1.54, 1.807) is 0 Å². The Bertz CT molecular complexity index is 501. The molecular formula is C13H17NO3S. The van der Waals surface area contributed by atoms with E-state index in [1.165, 1.54) is 0 Å². The Hall–Kier alpha value is -1.20. The van der Waals surface area contributed by atoms with Crippen LogP contribution < -0.4 is 5.32 Å². The van der Waals surface area contributed by atoms with Crippen molar-refractivity contribution in [1.82, 2.24) is 5.32 Å². The molecule has 0 amide bonds. The zero-order valence-corrected chi connectivity index (χ0v) is 11.3. The first-order valence-corrected chi connectivity index (χ1v) is 7.37. The van der Waals surface area contributed by atoms with Crippen molar-refractivity contribution in [3.8, 4) is 0 Å². The topological polar surface area (TPSA) is 66.4 Å². The number of rotatable bonds is 2. The number of carboxylic acids is 1. The van der Waals surface area contributed by atoms with E-state index in [0.29, 0.717) is 5.75 Å². The van der Waals surface area contributed by atoms with E-state index in [4.69, 9.17) is 5.11 Å². The number of nitrogens with one attached hydrogen (secondary N) is 1. The van der Waals surface area contributed by atoms with Gasteiger partial charge in [-0.25, -0.2) is 0 Å². The third-order valence-corrected chi connectivity index (χ3v) is 4.63. The van der Waals surface area contributed by atoms with E-state index < -0.39 is 22.8 Å². The second-order valence-corrected chi connectivity index (χ2v) is 6.29. The lowest BCUT2D eigenvalue weighted by molar-refractivity contribution is -0.139. The molecule has 0 aliphatic carbocycles. The Labute approximate surface area is 109 Å². The highest BCUT2D eigenvalue weighted by Crippen LogP contribution is 2.23. The molecule has 0 aromatic heterocycles. The van der Waals surface area contributed by atoms with Crippen molar-refractivity contribution in [2.24, 2.45) is 0 Å². The Morgan fingerprint density at radius 2 is 2.11 bits per heavy atom. The Balaban J connectivity index is 2.29. The highest BCUT2D eigenvalue weighted by Gasteiger charge is 2.31. The van der Waals surface area contributed by atoms with E-state index in [2.05, 4.69) is 5.32 Å². The average Bonchev–Trinajstić information content (AvgIpc) is 2.31. The number of aryl methyl sites for hydroxylation is 2. The van der Waals surface area contributed by atoms with Gasteiger partial charge in [-0.3, -0.25) is 14.3 Å². The SMILES string of the molecule is Cc1ccc(C)c(C2CS(=O)CC(C(=O)O)N2)c1. The molecule has 1 fully saturated rings. The molecule has 0 saturated carbocycles. The summed E-state index contributed by atoms with van der Waals surface area (Å²) in [4.78, 5) is 11.0. The second kappa shape index (κ2) is 5.20. The molecule has 4 nitrogen and oxygen atoms in total. The van der Waals surface area contributed by atoms with Crippen molar-refractivity contribution in [3.63, 3.8) is 0 Å². The molecule has 1 heterocycles. The molecule has 0 spiro atoms. The summed E-state index contributed by atoms with van der Waals surface area (Å²) in [6, 6.07) is 5.21. The summed E-state index contributed by atoms with van der Waals surface area (Å²) in [7, 11) is -1.08. The summed E-state index contributed by atoms with van der Waals surface area (Å²) < 4.78 is 11.8. The van der Waals surface area contributed by atoms with Crippen LogP contribution in [0, 0.1) is 13.8 Å². The molecule has 1 aliphatic rings. The molecular weight excluding hydrogens is 250 g/mol. The van der Waals surface area contributed by atoms with E-state index >= 15 is 0 Å². The first-order valence-electron chi connectivity index (χ1n) is 5.88. The molecule has 2 rings (SSSR count). The van der Waals surface area contributed by atoms with E-state index in [9.17, 15) is 9.00 Å². The third kappa shape index (κ3) is 2.79. The highest BCUT2D eigenvalue weighted by atomic mass is 32.2. The number of hydrogen-bond donors (Lipinski definition) is 2. The van der Waals surface area contributed by atoms with Gasteiger partial charge >= 0.3 is 5.97 Å². The van der Waals surface area contributed by atoms with Gasteiger partial charge in [-0.15, -0.1) is 0 Å². The van der Waals surface area contributed by atoms with Gasteiger partial charge in [0.25, 0.3) is 0 Å². The molecule has 98 valence electrons. The largest absolute Gasteiger partial charge is 0.480 e. The molecule has 3 unspecified atom stereocenters. The smallest absolute Gasteiger partial charge is 0.321 e. The average molecular weight is 267 g/mol. The zero-order valence-electron chi connectivity index (χ0n) is 10.5. The number of aliphatic carboxylic acids is 1. The van der Waals surface area contributed by atoms with Crippen LogP contribution in [0.5, 0.6) is 0 Å². The fourth-order valence-electron chi connectivity index (χ4n) is 2.24.